The van der Waals surface area contributed by atoms with Crippen molar-refractivity contribution in [2.24, 2.45) is 5.73 Å². The van der Waals surface area contributed by atoms with Crippen LogP contribution in [0.1, 0.15) is 24.8 Å². The molecule has 0 fully saturated rings. The van der Waals surface area contributed by atoms with Crippen LogP contribution in [-0.2, 0) is 0 Å². The highest BCUT2D eigenvalue weighted by Crippen LogP contribution is 2.22. The van der Waals surface area contributed by atoms with Crippen LogP contribution in [0.4, 0.5) is 0 Å². The van der Waals surface area contributed by atoms with Crippen molar-refractivity contribution in [1.82, 2.24) is 0 Å². The average molecular weight is 195 g/mol. The maximum atomic E-state index is 6.02. The van der Waals surface area contributed by atoms with Crippen molar-refractivity contribution in [1.29, 1.82) is 0 Å². The molecule has 0 bridgehead atoms. The molecule has 1 aromatic carbocycles. The van der Waals surface area contributed by atoms with Gasteiger partial charge >= 0.3 is 0 Å². The number of allylic oxidation sites excluding steroid dienone is 3. The Balaban J connectivity index is 2.45. The molecule has 1 aromatic rings. The lowest BCUT2D eigenvalue weighted by molar-refractivity contribution is 0.874. The van der Waals surface area contributed by atoms with E-state index >= 15 is 0 Å². The maximum Gasteiger partial charge on any atom is 0.114 e. The molecule has 0 saturated heterocycles. The fourth-order valence-corrected chi connectivity index (χ4v) is 1.86. The van der Waals surface area contributed by atoms with Gasteiger partial charge in [0.1, 0.15) is 7.85 Å². The molecule has 2 rings (SSSR count). The van der Waals surface area contributed by atoms with E-state index in [2.05, 4.69) is 12.2 Å². The van der Waals surface area contributed by atoms with E-state index < -0.39 is 0 Å². The third kappa shape index (κ3) is 2.15. The second-order valence-corrected chi connectivity index (χ2v) is 3.80. The van der Waals surface area contributed by atoms with Crippen molar-refractivity contribution in [2.75, 3.05) is 0 Å². The van der Waals surface area contributed by atoms with Crippen LogP contribution >= 0.6 is 0 Å². The summed E-state index contributed by atoms with van der Waals surface area (Å²) in [4.78, 5) is 0. The monoisotopic (exact) mass is 195 g/mol. The normalized spacial score (nSPS) is 16.5. The summed E-state index contributed by atoms with van der Waals surface area (Å²) in [5.41, 5.74) is 9.80. The molecule has 15 heavy (non-hydrogen) atoms. The third-order valence-corrected chi connectivity index (χ3v) is 2.68. The maximum absolute atomic E-state index is 6.02. The Hall–Kier alpha value is -1.44. The van der Waals surface area contributed by atoms with Crippen LogP contribution in [-0.4, -0.2) is 7.85 Å². The van der Waals surface area contributed by atoms with Crippen molar-refractivity contribution in [3.05, 3.63) is 47.7 Å². The first-order valence-electron chi connectivity index (χ1n) is 5.30. The second-order valence-electron chi connectivity index (χ2n) is 3.80. The van der Waals surface area contributed by atoms with E-state index in [1.54, 1.807) is 0 Å². The highest BCUT2D eigenvalue weighted by molar-refractivity contribution is 6.34. The zero-order chi connectivity index (χ0) is 10.7. The molecule has 2 N–H and O–H groups in total. The van der Waals surface area contributed by atoms with Crippen LogP contribution in [0.2, 0.25) is 0 Å². The Labute approximate surface area is 92.1 Å². The van der Waals surface area contributed by atoms with Crippen LogP contribution in [0.3, 0.4) is 0 Å². The largest absolute Gasteiger partial charge is 0.398 e. The van der Waals surface area contributed by atoms with Crippen molar-refractivity contribution < 1.29 is 0 Å². The summed E-state index contributed by atoms with van der Waals surface area (Å²) in [5, 5.41) is 0. The minimum atomic E-state index is 0.794. The molecule has 1 aliphatic rings. The van der Waals surface area contributed by atoms with Gasteiger partial charge < -0.3 is 5.73 Å². The van der Waals surface area contributed by atoms with E-state index in [4.69, 9.17) is 13.6 Å². The zero-order valence-corrected chi connectivity index (χ0v) is 8.74. The van der Waals surface area contributed by atoms with Gasteiger partial charge in [0.25, 0.3) is 0 Å². The first-order valence-corrected chi connectivity index (χ1v) is 5.30. The molecule has 0 spiro atoms. The topological polar surface area (TPSA) is 26.0 Å². The molecule has 0 unspecified atom stereocenters. The smallest absolute Gasteiger partial charge is 0.114 e. The first-order chi connectivity index (χ1) is 7.29. The standard InChI is InChI=1S/C13H14BN/c14-12-8-5-4-6-10(12)11-7-2-1-3-9-13(11)15/h4-9H,1-3,15H2. The van der Waals surface area contributed by atoms with Crippen molar-refractivity contribution in [3.8, 4) is 0 Å². The van der Waals surface area contributed by atoms with E-state index in [1.807, 2.05) is 24.3 Å². The quantitative estimate of drug-likeness (QED) is 0.680. The molecule has 0 aliphatic heterocycles. The second kappa shape index (κ2) is 4.39. The summed E-state index contributed by atoms with van der Waals surface area (Å²) in [5.74, 6) is 0. The summed E-state index contributed by atoms with van der Waals surface area (Å²) in [7, 11) is 5.94. The summed E-state index contributed by atoms with van der Waals surface area (Å²) in [6, 6.07) is 7.86. The predicted molar refractivity (Wildman–Crippen MR) is 65.9 cm³/mol. The lowest BCUT2D eigenvalue weighted by atomic mass is 9.86. The molecule has 0 heterocycles. The Kier molecular flexibility index (Phi) is 2.95. The number of benzene rings is 1. The highest BCUT2D eigenvalue weighted by Gasteiger charge is 2.08. The molecule has 1 aliphatic carbocycles. The van der Waals surface area contributed by atoms with E-state index in [0.29, 0.717) is 0 Å². The lowest BCUT2D eigenvalue weighted by Gasteiger charge is -2.10. The van der Waals surface area contributed by atoms with Gasteiger partial charge in [0.05, 0.1) is 0 Å². The fourth-order valence-electron chi connectivity index (χ4n) is 1.86. The number of nitrogens with two attached hydrogens (primary N) is 1. The predicted octanol–water partition coefficient (Wildman–Crippen LogP) is 1.89. The molecule has 0 aromatic heterocycles. The van der Waals surface area contributed by atoms with Crippen LogP contribution in [0.25, 0.3) is 5.57 Å². The van der Waals surface area contributed by atoms with Crippen LogP contribution in [0.15, 0.2) is 42.1 Å². The fraction of sp³-hybridized carbons (Fsp3) is 0.231. The van der Waals surface area contributed by atoms with Gasteiger partial charge in [-0.05, 0) is 30.4 Å². The molecular formula is C13H14BN. The Morgan fingerprint density at radius 1 is 1.07 bits per heavy atom. The number of hydrogen-bond acceptors (Lipinski definition) is 1. The van der Waals surface area contributed by atoms with E-state index in [9.17, 15) is 0 Å². The van der Waals surface area contributed by atoms with Crippen LogP contribution in [0.5, 0.6) is 0 Å². The summed E-state index contributed by atoms with van der Waals surface area (Å²) in [6.07, 6.45) is 7.56. The summed E-state index contributed by atoms with van der Waals surface area (Å²) in [6.45, 7) is 0. The van der Waals surface area contributed by atoms with Crippen molar-refractivity contribution in [2.45, 2.75) is 19.3 Å². The summed E-state index contributed by atoms with van der Waals surface area (Å²) < 4.78 is 0. The van der Waals surface area contributed by atoms with Gasteiger partial charge in [0.15, 0.2) is 0 Å². The Morgan fingerprint density at radius 3 is 2.60 bits per heavy atom. The molecule has 1 nitrogen and oxygen atoms in total. The first kappa shape index (κ1) is 10.1. The molecule has 2 radical (unpaired) electrons. The van der Waals surface area contributed by atoms with Gasteiger partial charge in [-0.1, -0.05) is 41.9 Å². The number of rotatable bonds is 1. The van der Waals surface area contributed by atoms with Crippen molar-refractivity contribution >= 4 is 18.9 Å². The van der Waals surface area contributed by atoms with Crippen LogP contribution in [0, 0.1) is 0 Å². The lowest BCUT2D eigenvalue weighted by Crippen LogP contribution is -2.12. The Morgan fingerprint density at radius 2 is 1.80 bits per heavy atom. The molecule has 0 atom stereocenters. The van der Waals surface area contributed by atoms with Gasteiger partial charge in [0, 0.05) is 5.70 Å². The van der Waals surface area contributed by atoms with Gasteiger partial charge in [-0.15, -0.1) is 0 Å². The van der Waals surface area contributed by atoms with E-state index in [0.717, 1.165) is 41.6 Å². The van der Waals surface area contributed by atoms with Crippen LogP contribution < -0.4 is 11.2 Å². The van der Waals surface area contributed by atoms with Gasteiger partial charge in [-0.2, -0.15) is 0 Å². The SMILES string of the molecule is [B]c1ccccc1C1=CCCCC=C1N. The van der Waals surface area contributed by atoms with Crippen molar-refractivity contribution in [3.63, 3.8) is 0 Å². The Bertz CT molecular complexity index is 418. The zero-order valence-electron chi connectivity index (χ0n) is 8.74. The highest BCUT2D eigenvalue weighted by atomic mass is 14.6. The molecule has 0 amide bonds. The van der Waals surface area contributed by atoms with Gasteiger partial charge in [-0.3, -0.25) is 0 Å². The average Bonchev–Trinajstić information content (AvgIpc) is 2.44. The minimum Gasteiger partial charge on any atom is -0.398 e. The molecule has 2 heteroatoms. The van der Waals surface area contributed by atoms with E-state index in [-0.39, 0.29) is 0 Å². The van der Waals surface area contributed by atoms with E-state index in [1.165, 1.54) is 0 Å². The molecule has 74 valence electrons. The van der Waals surface area contributed by atoms with Gasteiger partial charge in [0.2, 0.25) is 0 Å². The third-order valence-electron chi connectivity index (χ3n) is 2.68. The number of hydrogen-bond donors (Lipinski definition) is 1. The molecule has 0 saturated carbocycles. The molecular weight excluding hydrogens is 181 g/mol. The van der Waals surface area contributed by atoms with Gasteiger partial charge in [-0.25, -0.2) is 0 Å². The summed E-state index contributed by atoms with van der Waals surface area (Å²) >= 11 is 0. The minimum absolute atomic E-state index is 0.794.